The molecule has 0 aromatic heterocycles. The molecule has 0 saturated carbocycles. The van der Waals surface area contributed by atoms with Crippen molar-refractivity contribution in [3.05, 3.63) is 33.3 Å². The zero-order valence-corrected chi connectivity index (χ0v) is 15.4. The first kappa shape index (κ1) is 17.6. The van der Waals surface area contributed by atoms with Crippen LogP contribution >= 0.6 is 27.5 Å². The summed E-state index contributed by atoms with van der Waals surface area (Å²) in [6.07, 6.45) is 1.31. The van der Waals surface area contributed by atoms with Crippen molar-refractivity contribution in [1.82, 2.24) is 10.6 Å². The summed E-state index contributed by atoms with van der Waals surface area (Å²) in [7, 11) is 0. The normalized spacial score (nSPS) is 22.2. The van der Waals surface area contributed by atoms with E-state index < -0.39 is 5.60 Å². The van der Waals surface area contributed by atoms with Gasteiger partial charge in [0.25, 0.3) is 0 Å². The number of carbonyl (C=O) groups is 1. The summed E-state index contributed by atoms with van der Waals surface area (Å²) >= 11 is 9.74. The third-order valence-corrected chi connectivity index (χ3v) is 4.28. The van der Waals surface area contributed by atoms with Crippen molar-refractivity contribution in [1.29, 1.82) is 0 Å². The topological polar surface area (TPSA) is 50.4 Å². The van der Waals surface area contributed by atoms with E-state index in [1.807, 2.05) is 39.0 Å². The fourth-order valence-corrected chi connectivity index (χ4v) is 3.35. The smallest absolute Gasteiger partial charge is 0.407 e. The van der Waals surface area contributed by atoms with Crippen LogP contribution in [0.1, 0.15) is 45.2 Å². The van der Waals surface area contributed by atoms with Gasteiger partial charge in [-0.3, -0.25) is 0 Å². The predicted molar refractivity (Wildman–Crippen MR) is 92.3 cm³/mol. The van der Waals surface area contributed by atoms with E-state index in [2.05, 4.69) is 26.6 Å². The van der Waals surface area contributed by atoms with E-state index in [4.69, 9.17) is 16.3 Å². The Kier molecular flexibility index (Phi) is 5.75. The summed E-state index contributed by atoms with van der Waals surface area (Å²) in [5.41, 5.74) is 0.575. The summed E-state index contributed by atoms with van der Waals surface area (Å²) in [6.45, 7) is 6.41. The summed E-state index contributed by atoms with van der Waals surface area (Å²) < 4.78 is 6.28. The van der Waals surface area contributed by atoms with Crippen molar-refractivity contribution >= 4 is 33.6 Å². The lowest BCUT2D eigenvalue weighted by Gasteiger charge is -2.32. The molecule has 0 radical (unpaired) electrons. The van der Waals surface area contributed by atoms with Crippen LogP contribution in [0.4, 0.5) is 4.79 Å². The van der Waals surface area contributed by atoms with Gasteiger partial charge in [0.05, 0.1) is 0 Å². The predicted octanol–water partition coefficient (Wildman–Crippen LogP) is 4.42. The standard InChI is InChI=1S/C16H22BrClN2O2/c1-16(2,3)22-15(21)20-11-6-7-19-14(9-11)12-5-4-10(17)8-13(12)18/h4-5,8,11,14,19H,6-7,9H2,1-3H3,(H,20,21). The van der Waals surface area contributed by atoms with Gasteiger partial charge in [0.1, 0.15) is 5.60 Å². The molecule has 1 aliphatic rings. The Balaban J connectivity index is 1.98. The number of hydrogen-bond acceptors (Lipinski definition) is 3. The molecule has 0 bridgehead atoms. The Labute approximate surface area is 145 Å². The molecule has 22 heavy (non-hydrogen) atoms. The molecule has 0 aliphatic carbocycles. The molecular formula is C16H22BrClN2O2. The number of carbonyl (C=O) groups excluding carboxylic acids is 1. The maximum Gasteiger partial charge on any atom is 0.407 e. The summed E-state index contributed by atoms with van der Waals surface area (Å²) in [5, 5.41) is 7.13. The van der Waals surface area contributed by atoms with Crippen molar-refractivity contribution in [3.8, 4) is 0 Å². The van der Waals surface area contributed by atoms with Crippen molar-refractivity contribution in [3.63, 3.8) is 0 Å². The molecule has 0 spiro atoms. The molecule has 1 amide bonds. The highest BCUT2D eigenvalue weighted by Gasteiger charge is 2.27. The fourth-order valence-electron chi connectivity index (χ4n) is 2.54. The first-order valence-corrected chi connectivity index (χ1v) is 8.59. The fraction of sp³-hybridized carbons (Fsp3) is 0.562. The zero-order valence-electron chi connectivity index (χ0n) is 13.1. The maximum absolute atomic E-state index is 11.9. The number of nitrogens with one attached hydrogen (secondary N) is 2. The Bertz CT molecular complexity index is 545. The van der Waals surface area contributed by atoms with Crippen LogP contribution < -0.4 is 10.6 Å². The number of rotatable bonds is 2. The van der Waals surface area contributed by atoms with Gasteiger partial charge in [-0.2, -0.15) is 0 Å². The molecule has 122 valence electrons. The molecule has 1 heterocycles. The molecule has 1 aromatic rings. The summed E-state index contributed by atoms with van der Waals surface area (Å²) in [6, 6.07) is 6.10. The molecule has 4 nitrogen and oxygen atoms in total. The van der Waals surface area contributed by atoms with E-state index in [1.165, 1.54) is 0 Å². The molecule has 1 saturated heterocycles. The lowest BCUT2D eigenvalue weighted by atomic mass is 9.94. The van der Waals surface area contributed by atoms with Crippen LogP contribution in [0.3, 0.4) is 0 Å². The Morgan fingerprint density at radius 3 is 2.82 bits per heavy atom. The number of hydrogen-bond donors (Lipinski definition) is 2. The molecule has 2 rings (SSSR count). The monoisotopic (exact) mass is 388 g/mol. The Morgan fingerprint density at radius 2 is 2.18 bits per heavy atom. The van der Waals surface area contributed by atoms with Crippen LogP contribution in [0.15, 0.2) is 22.7 Å². The highest BCUT2D eigenvalue weighted by molar-refractivity contribution is 9.10. The van der Waals surface area contributed by atoms with Gasteiger partial charge in [-0.25, -0.2) is 4.79 Å². The van der Waals surface area contributed by atoms with Crippen LogP contribution in [0.2, 0.25) is 5.02 Å². The van der Waals surface area contributed by atoms with Gasteiger partial charge in [0.15, 0.2) is 0 Å². The van der Waals surface area contributed by atoms with Crippen molar-refractivity contribution < 1.29 is 9.53 Å². The molecular weight excluding hydrogens is 368 g/mol. The first-order chi connectivity index (χ1) is 10.2. The molecule has 2 atom stereocenters. The van der Waals surface area contributed by atoms with Crippen molar-refractivity contribution in [2.75, 3.05) is 6.54 Å². The average molecular weight is 390 g/mol. The summed E-state index contributed by atoms with van der Waals surface area (Å²) in [4.78, 5) is 11.9. The number of halogens is 2. The average Bonchev–Trinajstić information content (AvgIpc) is 2.36. The second-order valence-corrected chi connectivity index (χ2v) is 7.86. The Morgan fingerprint density at radius 1 is 1.45 bits per heavy atom. The minimum Gasteiger partial charge on any atom is -0.444 e. The zero-order chi connectivity index (χ0) is 16.3. The van der Waals surface area contributed by atoms with Gasteiger partial charge in [0, 0.05) is 21.6 Å². The minimum absolute atomic E-state index is 0.0841. The van der Waals surface area contributed by atoms with E-state index in [9.17, 15) is 4.79 Å². The molecule has 2 unspecified atom stereocenters. The SMILES string of the molecule is CC(C)(C)OC(=O)NC1CCNC(c2ccc(Br)cc2Cl)C1. The number of piperidine rings is 1. The highest BCUT2D eigenvalue weighted by Crippen LogP contribution is 2.31. The van der Waals surface area contributed by atoms with Gasteiger partial charge in [-0.15, -0.1) is 0 Å². The van der Waals surface area contributed by atoms with Crippen LogP contribution in [0.5, 0.6) is 0 Å². The van der Waals surface area contributed by atoms with Gasteiger partial charge in [0.2, 0.25) is 0 Å². The van der Waals surface area contributed by atoms with E-state index in [-0.39, 0.29) is 18.2 Å². The number of ether oxygens (including phenoxy) is 1. The third kappa shape index (κ3) is 5.14. The minimum atomic E-state index is -0.481. The second kappa shape index (κ2) is 7.20. The van der Waals surface area contributed by atoms with Crippen LogP contribution in [0.25, 0.3) is 0 Å². The van der Waals surface area contributed by atoms with E-state index >= 15 is 0 Å². The van der Waals surface area contributed by atoms with E-state index in [0.29, 0.717) is 0 Å². The lowest BCUT2D eigenvalue weighted by Crippen LogP contribution is -2.45. The van der Waals surface area contributed by atoms with Crippen LogP contribution in [-0.4, -0.2) is 24.3 Å². The molecule has 1 aromatic carbocycles. The summed E-state index contributed by atoms with van der Waals surface area (Å²) in [5.74, 6) is 0. The van der Waals surface area contributed by atoms with Crippen molar-refractivity contribution in [2.24, 2.45) is 0 Å². The van der Waals surface area contributed by atoms with Gasteiger partial charge < -0.3 is 15.4 Å². The van der Waals surface area contributed by atoms with E-state index in [0.717, 1.165) is 34.4 Å². The molecule has 1 fully saturated rings. The van der Waals surface area contributed by atoms with Gasteiger partial charge in [-0.1, -0.05) is 33.6 Å². The third-order valence-electron chi connectivity index (χ3n) is 3.46. The van der Waals surface area contributed by atoms with Crippen LogP contribution in [-0.2, 0) is 4.74 Å². The maximum atomic E-state index is 11.9. The highest BCUT2D eigenvalue weighted by atomic mass is 79.9. The molecule has 6 heteroatoms. The number of amides is 1. The van der Waals surface area contributed by atoms with E-state index in [1.54, 1.807) is 0 Å². The lowest BCUT2D eigenvalue weighted by molar-refractivity contribution is 0.0490. The molecule has 2 N–H and O–H groups in total. The van der Waals surface area contributed by atoms with Crippen LogP contribution in [0, 0.1) is 0 Å². The van der Waals surface area contributed by atoms with Crippen molar-refractivity contribution in [2.45, 2.75) is 51.3 Å². The first-order valence-electron chi connectivity index (χ1n) is 7.42. The Hall–Kier alpha value is -0.780. The number of benzene rings is 1. The van der Waals surface area contributed by atoms with Gasteiger partial charge >= 0.3 is 6.09 Å². The quantitative estimate of drug-likeness (QED) is 0.787. The molecule has 1 aliphatic heterocycles. The number of alkyl carbamates (subject to hydrolysis) is 1. The second-order valence-electron chi connectivity index (χ2n) is 6.54. The van der Waals surface area contributed by atoms with Gasteiger partial charge in [-0.05, 0) is 57.9 Å². The largest absolute Gasteiger partial charge is 0.444 e.